The normalized spacial score (nSPS) is 12.6. The van der Waals surface area contributed by atoms with Crippen molar-refractivity contribution in [2.75, 3.05) is 0 Å². The van der Waals surface area contributed by atoms with Gasteiger partial charge in [0.05, 0.1) is 6.04 Å². The summed E-state index contributed by atoms with van der Waals surface area (Å²) in [4.78, 5) is 5.19. The third kappa shape index (κ3) is 1.82. The highest BCUT2D eigenvalue weighted by atomic mass is 32.1. The van der Waals surface area contributed by atoms with Gasteiger partial charge in [-0.05, 0) is 29.1 Å². The van der Waals surface area contributed by atoms with E-state index in [0.717, 1.165) is 5.56 Å². The molecule has 2 aromatic heterocycles. The smallest absolute Gasteiger partial charge is 0.0803 e. The first-order valence-corrected chi connectivity index (χ1v) is 5.19. The van der Waals surface area contributed by atoms with E-state index in [2.05, 4.69) is 16.5 Å². The number of rotatable bonds is 3. The average Bonchev–Trinajstić information content (AvgIpc) is 2.74. The first kappa shape index (κ1) is 9.33. The van der Waals surface area contributed by atoms with Gasteiger partial charge in [-0.1, -0.05) is 6.07 Å². The Bertz CT molecular complexity index is 372. The van der Waals surface area contributed by atoms with Gasteiger partial charge < -0.3 is 0 Å². The lowest BCUT2D eigenvalue weighted by molar-refractivity contribution is 0.646. The van der Waals surface area contributed by atoms with Crippen molar-refractivity contribution in [1.82, 2.24) is 10.4 Å². The molecule has 0 radical (unpaired) electrons. The van der Waals surface area contributed by atoms with Gasteiger partial charge in [0.2, 0.25) is 0 Å². The van der Waals surface area contributed by atoms with Crippen LogP contribution >= 0.6 is 11.3 Å². The summed E-state index contributed by atoms with van der Waals surface area (Å²) in [5.74, 6) is 5.53. The summed E-state index contributed by atoms with van der Waals surface area (Å²) < 4.78 is 0. The van der Waals surface area contributed by atoms with Crippen LogP contribution < -0.4 is 11.3 Å². The second-order valence-corrected chi connectivity index (χ2v) is 3.87. The summed E-state index contributed by atoms with van der Waals surface area (Å²) in [6.45, 7) is 0. The summed E-state index contributed by atoms with van der Waals surface area (Å²) in [7, 11) is 0. The van der Waals surface area contributed by atoms with E-state index in [9.17, 15) is 0 Å². The van der Waals surface area contributed by atoms with Gasteiger partial charge in [-0.15, -0.1) is 11.3 Å². The Morgan fingerprint density at radius 2 is 2.07 bits per heavy atom. The molecule has 0 aliphatic carbocycles. The first-order chi connectivity index (χ1) is 6.92. The Hall–Kier alpha value is -1.23. The Morgan fingerprint density at radius 3 is 2.64 bits per heavy atom. The molecular weight excluding hydrogens is 194 g/mol. The van der Waals surface area contributed by atoms with Crippen molar-refractivity contribution in [3.8, 4) is 0 Å². The molecule has 0 amide bonds. The van der Waals surface area contributed by atoms with Crippen molar-refractivity contribution >= 4 is 11.3 Å². The Labute approximate surface area is 86.6 Å². The van der Waals surface area contributed by atoms with Crippen LogP contribution in [0.4, 0.5) is 0 Å². The average molecular weight is 205 g/mol. The van der Waals surface area contributed by atoms with E-state index >= 15 is 0 Å². The molecule has 2 rings (SSSR count). The molecule has 0 fully saturated rings. The molecule has 0 aliphatic rings. The SMILES string of the molecule is NNC(c1ccncc1)c1cccs1. The Morgan fingerprint density at radius 1 is 1.29 bits per heavy atom. The summed E-state index contributed by atoms with van der Waals surface area (Å²) >= 11 is 1.69. The molecule has 0 bridgehead atoms. The highest BCUT2D eigenvalue weighted by molar-refractivity contribution is 7.10. The lowest BCUT2D eigenvalue weighted by atomic mass is 10.1. The summed E-state index contributed by atoms with van der Waals surface area (Å²) in [5.41, 5.74) is 3.93. The van der Waals surface area contributed by atoms with Crippen molar-refractivity contribution in [3.05, 3.63) is 52.5 Å². The number of nitrogens with two attached hydrogens (primary N) is 1. The van der Waals surface area contributed by atoms with E-state index in [-0.39, 0.29) is 6.04 Å². The second-order valence-electron chi connectivity index (χ2n) is 2.90. The molecule has 2 aromatic rings. The standard InChI is InChI=1S/C10H11N3S/c11-13-10(9-2-1-7-14-9)8-3-5-12-6-4-8/h1-7,10,13H,11H2. The van der Waals surface area contributed by atoms with E-state index in [0.29, 0.717) is 0 Å². The number of nitrogens with zero attached hydrogens (tertiary/aromatic N) is 1. The molecular formula is C10H11N3S. The van der Waals surface area contributed by atoms with Gasteiger partial charge in [0.1, 0.15) is 0 Å². The molecule has 2 heterocycles. The molecule has 0 aliphatic heterocycles. The largest absolute Gasteiger partial charge is 0.271 e. The molecule has 72 valence electrons. The fourth-order valence-corrected chi connectivity index (χ4v) is 2.17. The number of hydrogen-bond acceptors (Lipinski definition) is 4. The van der Waals surface area contributed by atoms with Crippen LogP contribution in [0.15, 0.2) is 42.0 Å². The van der Waals surface area contributed by atoms with Crippen LogP contribution in [0.1, 0.15) is 16.5 Å². The third-order valence-electron chi connectivity index (χ3n) is 2.03. The van der Waals surface area contributed by atoms with E-state index in [1.54, 1.807) is 23.7 Å². The van der Waals surface area contributed by atoms with Crippen LogP contribution in [-0.4, -0.2) is 4.98 Å². The first-order valence-electron chi connectivity index (χ1n) is 4.31. The van der Waals surface area contributed by atoms with Crippen LogP contribution in [0, 0.1) is 0 Å². The number of aromatic nitrogens is 1. The van der Waals surface area contributed by atoms with E-state index in [4.69, 9.17) is 5.84 Å². The quantitative estimate of drug-likeness (QED) is 0.592. The molecule has 0 saturated carbocycles. The summed E-state index contributed by atoms with van der Waals surface area (Å²) in [5, 5.41) is 2.04. The fraction of sp³-hybridized carbons (Fsp3) is 0.100. The molecule has 0 spiro atoms. The van der Waals surface area contributed by atoms with Gasteiger partial charge in [-0.2, -0.15) is 0 Å². The van der Waals surface area contributed by atoms with Crippen LogP contribution in [0.3, 0.4) is 0 Å². The zero-order valence-electron chi connectivity index (χ0n) is 7.55. The predicted octanol–water partition coefficient (Wildman–Crippen LogP) is 1.70. The number of pyridine rings is 1. The number of hydrazine groups is 1. The lowest BCUT2D eigenvalue weighted by Crippen LogP contribution is -2.28. The van der Waals surface area contributed by atoms with Gasteiger partial charge >= 0.3 is 0 Å². The predicted molar refractivity (Wildman–Crippen MR) is 57.7 cm³/mol. The monoisotopic (exact) mass is 205 g/mol. The molecule has 0 saturated heterocycles. The van der Waals surface area contributed by atoms with Crippen molar-refractivity contribution in [2.45, 2.75) is 6.04 Å². The molecule has 14 heavy (non-hydrogen) atoms. The Balaban J connectivity index is 2.31. The maximum absolute atomic E-state index is 5.53. The van der Waals surface area contributed by atoms with Crippen molar-refractivity contribution in [2.24, 2.45) is 5.84 Å². The van der Waals surface area contributed by atoms with Crippen molar-refractivity contribution < 1.29 is 0 Å². The minimum Gasteiger partial charge on any atom is -0.271 e. The van der Waals surface area contributed by atoms with Crippen LogP contribution in [0.25, 0.3) is 0 Å². The van der Waals surface area contributed by atoms with E-state index < -0.39 is 0 Å². The second kappa shape index (κ2) is 4.32. The van der Waals surface area contributed by atoms with Gasteiger partial charge in [-0.3, -0.25) is 10.8 Å². The van der Waals surface area contributed by atoms with Crippen molar-refractivity contribution in [1.29, 1.82) is 0 Å². The molecule has 3 N–H and O–H groups in total. The van der Waals surface area contributed by atoms with Gasteiger partial charge in [0, 0.05) is 17.3 Å². The molecule has 3 nitrogen and oxygen atoms in total. The maximum atomic E-state index is 5.53. The summed E-state index contributed by atoms with van der Waals surface area (Å²) in [6, 6.07) is 8.08. The van der Waals surface area contributed by atoms with Crippen molar-refractivity contribution in [3.63, 3.8) is 0 Å². The van der Waals surface area contributed by atoms with E-state index in [1.165, 1.54) is 4.88 Å². The zero-order chi connectivity index (χ0) is 9.80. The zero-order valence-corrected chi connectivity index (χ0v) is 8.37. The fourth-order valence-electron chi connectivity index (χ4n) is 1.35. The number of hydrogen-bond donors (Lipinski definition) is 2. The van der Waals surface area contributed by atoms with Crippen LogP contribution in [0.2, 0.25) is 0 Å². The summed E-state index contributed by atoms with van der Waals surface area (Å²) in [6.07, 6.45) is 3.54. The lowest BCUT2D eigenvalue weighted by Gasteiger charge is -2.13. The van der Waals surface area contributed by atoms with Gasteiger partial charge in [0.25, 0.3) is 0 Å². The van der Waals surface area contributed by atoms with Crippen LogP contribution in [-0.2, 0) is 0 Å². The number of thiophene rings is 1. The van der Waals surface area contributed by atoms with Gasteiger partial charge in [0.15, 0.2) is 0 Å². The maximum Gasteiger partial charge on any atom is 0.0803 e. The molecule has 1 atom stereocenters. The van der Waals surface area contributed by atoms with E-state index in [1.807, 2.05) is 23.6 Å². The van der Waals surface area contributed by atoms with Crippen LogP contribution in [0.5, 0.6) is 0 Å². The molecule has 0 aromatic carbocycles. The highest BCUT2D eigenvalue weighted by Gasteiger charge is 2.12. The highest BCUT2D eigenvalue weighted by Crippen LogP contribution is 2.24. The molecule has 1 unspecified atom stereocenters. The minimum atomic E-state index is 0.0676. The molecule has 4 heteroatoms. The Kier molecular flexibility index (Phi) is 2.88. The topological polar surface area (TPSA) is 50.9 Å². The van der Waals surface area contributed by atoms with Gasteiger partial charge in [-0.25, -0.2) is 5.43 Å². The minimum absolute atomic E-state index is 0.0676. The number of nitrogens with one attached hydrogen (secondary N) is 1. The third-order valence-corrected chi connectivity index (χ3v) is 2.97.